The van der Waals surface area contributed by atoms with Crippen LogP contribution < -0.4 is 5.32 Å². The molecule has 4 amide bonds. The minimum Gasteiger partial charge on any atom is -0.277 e. The summed E-state index contributed by atoms with van der Waals surface area (Å²) in [5, 5.41) is 2.22. The number of hydrogen-bond donors (Lipinski definition) is 1. The molecule has 0 saturated carbocycles. The molecule has 0 radical (unpaired) electrons. The van der Waals surface area contributed by atoms with E-state index in [1.165, 1.54) is 0 Å². The summed E-state index contributed by atoms with van der Waals surface area (Å²) in [6.45, 7) is 8.87. The van der Waals surface area contributed by atoms with Gasteiger partial charge in [-0.1, -0.05) is 13.8 Å². The van der Waals surface area contributed by atoms with Crippen molar-refractivity contribution in [3.05, 3.63) is 0 Å². The fourth-order valence-electron chi connectivity index (χ4n) is 1.81. The predicted molar refractivity (Wildman–Crippen MR) is 58.5 cm³/mol. The van der Waals surface area contributed by atoms with E-state index in [0.29, 0.717) is 0 Å². The van der Waals surface area contributed by atoms with Crippen LogP contribution >= 0.6 is 0 Å². The molecular formula is C11H18N2O3. The van der Waals surface area contributed by atoms with E-state index in [9.17, 15) is 14.4 Å². The van der Waals surface area contributed by atoms with Gasteiger partial charge >= 0.3 is 6.03 Å². The second-order valence-electron chi connectivity index (χ2n) is 5.36. The molecule has 1 saturated heterocycles. The summed E-state index contributed by atoms with van der Waals surface area (Å²) in [7, 11) is 0. The van der Waals surface area contributed by atoms with Gasteiger partial charge in [-0.05, 0) is 26.7 Å². The van der Waals surface area contributed by atoms with Crippen LogP contribution in [0.2, 0.25) is 0 Å². The first-order valence-electron chi connectivity index (χ1n) is 5.35. The van der Waals surface area contributed by atoms with Crippen molar-refractivity contribution in [3.8, 4) is 0 Å². The summed E-state index contributed by atoms with van der Waals surface area (Å²) in [4.78, 5) is 36.4. The molecule has 1 aliphatic heterocycles. The Morgan fingerprint density at radius 2 is 1.69 bits per heavy atom. The van der Waals surface area contributed by atoms with E-state index in [2.05, 4.69) is 5.32 Å². The Bertz CT molecular complexity index is 342. The minimum atomic E-state index is -0.767. The summed E-state index contributed by atoms with van der Waals surface area (Å²) in [5.41, 5.74) is -0.616. The van der Waals surface area contributed by atoms with Gasteiger partial charge in [-0.3, -0.25) is 19.8 Å². The molecule has 16 heavy (non-hydrogen) atoms. The van der Waals surface area contributed by atoms with Gasteiger partial charge in [-0.25, -0.2) is 4.79 Å². The van der Waals surface area contributed by atoms with E-state index >= 15 is 0 Å². The first-order valence-corrected chi connectivity index (χ1v) is 5.35. The molecule has 1 N–H and O–H groups in total. The van der Waals surface area contributed by atoms with Gasteiger partial charge < -0.3 is 0 Å². The maximum absolute atomic E-state index is 12.1. The fraction of sp³-hybridized carbons (Fsp3) is 0.727. The molecule has 1 unspecified atom stereocenters. The molecule has 0 bridgehead atoms. The van der Waals surface area contributed by atoms with Crippen molar-refractivity contribution in [3.63, 3.8) is 0 Å². The normalized spacial score (nSPS) is 22.8. The van der Waals surface area contributed by atoms with E-state index < -0.39 is 29.3 Å². The smallest absolute Gasteiger partial charge is 0.277 e. The number of carbonyl (C=O) groups is 3. The molecule has 0 aromatic rings. The van der Waals surface area contributed by atoms with Crippen LogP contribution in [0.4, 0.5) is 4.79 Å². The highest BCUT2D eigenvalue weighted by Crippen LogP contribution is 2.24. The summed E-state index contributed by atoms with van der Waals surface area (Å²) < 4.78 is 0. The van der Waals surface area contributed by atoms with Gasteiger partial charge in [0.2, 0.25) is 11.8 Å². The van der Waals surface area contributed by atoms with Crippen LogP contribution in [0.15, 0.2) is 0 Å². The summed E-state index contributed by atoms with van der Waals surface area (Å²) in [6, 6.07) is -0.626. The average Bonchev–Trinajstić information content (AvgIpc) is 1.97. The largest absolute Gasteiger partial charge is 0.331 e. The molecule has 5 heteroatoms. The minimum absolute atomic E-state index is 0.120. The zero-order chi connectivity index (χ0) is 12.7. The molecule has 0 aromatic heterocycles. The third-order valence-electron chi connectivity index (χ3n) is 2.54. The van der Waals surface area contributed by atoms with E-state index in [1.54, 1.807) is 34.6 Å². The third kappa shape index (κ3) is 2.08. The third-order valence-corrected chi connectivity index (χ3v) is 2.54. The zero-order valence-electron chi connectivity index (χ0n) is 10.3. The maximum Gasteiger partial charge on any atom is 0.331 e. The van der Waals surface area contributed by atoms with Gasteiger partial charge in [0.15, 0.2) is 0 Å². The monoisotopic (exact) mass is 226 g/mol. The fourth-order valence-corrected chi connectivity index (χ4v) is 1.81. The highest BCUT2D eigenvalue weighted by atomic mass is 16.2. The Morgan fingerprint density at radius 3 is 2.06 bits per heavy atom. The first kappa shape index (κ1) is 12.7. The van der Waals surface area contributed by atoms with Crippen LogP contribution in [-0.4, -0.2) is 28.3 Å². The van der Waals surface area contributed by atoms with Crippen molar-refractivity contribution in [1.29, 1.82) is 0 Å². The predicted octanol–water partition coefficient (Wildman–Crippen LogP) is 1.14. The number of urea groups is 1. The number of nitrogens with zero attached hydrogens (tertiary/aromatic N) is 1. The molecule has 1 rings (SSSR count). The van der Waals surface area contributed by atoms with E-state index in [0.717, 1.165) is 4.90 Å². The quantitative estimate of drug-likeness (QED) is 0.682. The summed E-state index contributed by atoms with van der Waals surface area (Å²) in [5.74, 6) is -1.79. The Kier molecular flexibility index (Phi) is 3.08. The second kappa shape index (κ2) is 3.88. The van der Waals surface area contributed by atoms with Crippen LogP contribution in [0.25, 0.3) is 0 Å². The lowest BCUT2D eigenvalue weighted by Crippen LogP contribution is -2.64. The number of nitrogens with one attached hydrogen (secondary N) is 1. The van der Waals surface area contributed by atoms with Crippen molar-refractivity contribution in [1.82, 2.24) is 10.2 Å². The molecule has 1 aliphatic rings. The molecule has 90 valence electrons. The van der Waals surface area contributed by atoms with Crippen molar-refractivity contribution in [2.45, 2.75) is 40.2 Å². The van der Waals surface area contributed by atoms with E-state index in [1.807, 2.05) is 0 Å². The molecule has 5 nitrogen and oxygen atoms in total. The number of hydrogen-bond acceptors (Lipinski definition) is 3. The molecule has 1 fully saturated rings. The Morgan fingerprint density at radius 1 is 1.19 bits per heavy atom. The molecule has 0 aliphatic carbocycles. The average molecular weight is 226 g/mol. The van der Waals surface area contributed by atoms with Crippen LogP contribution in [-0.2, 0) is 9.59 Å². The molecular weight excluding hydrogens is 208 g/mol. The highest BCUT2D eigenvalue weighted by molar-refractivity contribution is 6.16. The maximum atomic E-state index is 12.1. The van der Waals surface area contributed by atoms with Gasteiger partial charge in [0.1, 0.15) is 5.92 Å². The Balaban J connectivity index is 3.09. The van der Waals surface area contributed by atoms with Crippen LogP contribution in [0, 0.1) is 11.8 Å². The summed E-state index contributed by atoms with van der Waals surface area (Å²) in [6.07, 6.45) is 0. The van der Waals surface area contributed by atoms with Gasteiger partial charge in [0.25, 0.3) is 0 Å². The van der Waals surface area contributed by atoms with E-state index in [-0.39, 0.29) is 5.92 Å². The van der Waals surface area contributed by atoms with Crippen LogP contribution in [0.3, 0.4) is 0 Å². The Labute approximate surface area is 95.2 Å². The zero-order valence-corrected chi connectivity index (χ0v) is 10.3. The molecule has 0 aromatic carbocycles. The number of rotatable bonds is 1. The van der Waals surface area contributed by atoms with Crippen molar-refractivity contribution >= 4 is 17.8 Å². The molecule has 1 heterocycles. The first-order chi connectivity index (χ1) is 7.16. The number of carbonyl (C=O) groups excluding carboxylic acids is 3. The molecule has 1 atom stereocenters. The van der Waals surface area contributed by atoms with E-state index in [4.69, 9.17) is 0 Å². The van der Waals surface area contributed by atoms with Gasteiger partial charge in [0, 0.05) is 5.54 Å². The van der Waals surface area contributed by atoms with Crippen molar-refractivity contribution in [2.24, 2.45) is 11.8 Å². The number of amides is 4. The lowest BCUT2D eigenvalue weighted by molar-refractivity contribution is -0.147. The van der Waals surface area contributed by atoms with Gasteiger partial charge in [-0.15, -0.1) is 0 Å². The lowest BCUT2D eigenvalue weighted by atomic mass is 9.90. The van der Waals surface area contributed by atoms with Crippen molar-refractivity contribution < 1.29 is 14.4 Å². The topological polar surface area (TPSA) is 66.5 Å². The SMILES string of the molecule is CC(C)C1C(=O)NC(=O)N(C(C)(C)C)C1=O. The van der Waals surface area contributed by atoms with Gasteiger partial charge in [0.05, 0.1) is 0 Å². The van der Waals surface area contributed by atoms with Crippen LogP contribution in [0.1, 0.15) is 34.6 Å². The number of barbiturate groups is 1. The van der Waals surface area contributed by atoms with Crippen molar-refractivity contribution in [2.75, 3.05) is 0 Å². The highest BCUT2D eigenvalue weighted by Gasteiger charge is 2.46. The second-order valence-corrected chi connectivity index (χ2v) is 5.36. The standard InChI is InChI=1S/C11H18N2O3/c1-6(2)7-8(14)12-10(16)13(9(7)15)11(3,4)5/h6-7H,1-5H3,(H,12,14,16). The van der Waals surface area contributed by atoms with Gasteiger partial charge in [-0.2, -0.15) is 0 Å². The molecule has 0 spiro atoms. The Hall–Kier alpha value is -1.39. The van der Waals surface area contributed by atoms with Crippen LogP contribution in [0.5, 0.6) is 0 Å². The lowest BCUT2D eigenvalue weighted by Gasteiger charge is -2.39. The number of imide groups is 2. The summed E-state index contributed by atoms with van der Waals surface area (Å²) >= 11 is 0.